The summed E-state index contributed by atoms with van der Waals surface area (Å²) in [5.41, 5.74) is 2.08. The van der Waals surface area contributed by atoms with Crippen LogP contribution in [0.25, 0.3) is 11.0 Å². The van der Waals surface area contributed by atoms with Gasteiger partial charge < -0.3 is 9.88 Å². The average Bonchev–Trinajstić information content (AvgIpc) is 2.72. The Hall–Kier alpha value is -1.58. The second kappa shape index (κ2) is 5.17. The molecule has 0 spiro atoms. The van der Waals surface area contributed by atoms with Gasteiger partial charge in [-0.1, -0.05) is 20.3 Å². The van der Waals surface area contributed by atoms with Crippen molar-refractivity contribution in [2.75, 3.05) is 5.32 Å². The minimum Gasteiger partial charge on any atom is -0.365 e. The topological polar surface area (TPSA) is 42.7 Å². The number of imidazole rings is 1. The monoisotopic (exact) mass is 232 g/mol. The first kappa shape index (κ1) is 11.9. The van der Waals surface area contributed by atoms with E-state index in [1.807, 2.05) is 30.2 Å². The van der Waals surface area contributed by atoms with Gasteiger partial charge in [-0.3, -0.25) is 0 Å². The summed E-state index contributed by atoms with van der Waals surface area (Å²) in [6.07, 6.45) is 7.13. The third-order valence-electron chi connectivity index (χ3n) is 3.11. The van der Waals surface area contributed by atoms with Gasteiger partial charge in [-0.25, -0.2) is 9.97 Å². The van der Waals surface area contributed by atoms with E-state index in [1.165, 1.54) is 12.8 Å². The molecule has 0 saturated carbocycles. The van der Waals surface area contributed by atoms with Crippen molar-refractivity contribution >= 4 is 16.9 Å². The zero-order valence-corrected chi connectivity index (χ0v) is 10.8. The van der Waals surface area contributed by atoms with Gasteiger partial charge in [0.1, 0.15) is 5.52 Å². The molecule has 1 atom stereocenters. The predicted octanol–water partition coefficient (Wildman–Crippen LogP) is 2.96. The lowest BCUT2D eigenvalue weighted by Gasteiger charge is -2.16. The minimum absolute atomic E-state index is 0.486. The van der Waals surface area contributed by atoms with Crippen LogP contribution in [0.1, 0.15) is 33.1 Å². The largest absolute Gasteiger partial charge is 0.365 e. The molecule has 2 heterocycles. The van der Waals surface area contributed by atoms with E-state index in [4.69, 9.17) is 0 Å². The summed E-state index contributed by atoms with van der Waals surface area (Å²) < 4.78 is 2.02. The molecule has 0 aliphatic rings. The van der Waals surface area contributed by atoms with Crippen molar-refractivity contribution in [2.24, 2.45) is 7.05 Å². The summed E-state index contributed by atoms with van der Waals surface area (Å²) in [6.45, 7) is 4.41. The van der Waals surface area contributed by atoms with Gasteiger partial charge in [-0.05, 0) is 18.9 Å². The first-order chi connectivity index (χ1) is 8.26. The maximum atomic E-state index is 4.40. The number of pyridine rings is 1. The maximum absolute atomic E-state index is 4.40. The first-order valence-electron chi connectivity index (χ1n) is 6.28. The van der Waals surface area contributed by atoms with Gasteiger partial charge in [0.25, 0.3) is 0 Å². The number of anilines is 1. The molecule has 4 nitrogen and oxygen atoms in total. The van der Waals surface area contributed by atoms with Gasteiger partial charge in [0.05, 0.1) is 11.8 Å². The molecule has 2 aromatic rings. The summed E-state index contributed by atoms with van der Waals surface area (Å²) in [4.78, 5) is 8.81. The van der Waals surface area contributed by atoms with Gasteiger partial charge in [-0.2, -0.15) is 0 Å². The Balaban J connectivity index is 2.29. The zero-order valence-electron chi connectivity index (χ0n) is 10.8. The molecule has 1 unspecified atom stereocenters. The molecule has 0 amide bonds. The SMILES string of the molecule is CCCC(CC)Nc1nccc2c1ncn2C. The van der Waals surface area contributed by atoms with E-state index in [0.29, 0.717) is 6.04 Å². The number of aromatic nitrogens is 3. The van der Waals surface area contributed by atoms with Crippen LogP contribution in [0.4, 0.5) is 5.82 Å². The van der Waals surface area contributed by atoms with Crippen molar-refractivity contribution in [3.05, 3.63) is 18.6 Å². The quantitative estimate of drug-likeness (QED) is 0.861. The van der Waals surface area contributed by atoms with E-state index < -0.39 is 0 Å². The number of aryl methyl sites for hydroxylation is 1. The summed E-state index contributed by atoms with van der Waals surface area (Å²) >= 11 is 0. The molecule has 0 aliphatic carbocycles. The van der Waals surface area contributed by atoms with Crippen LogP contribution in [0, 0.1) is 0 Å². The molecule has 0 aliphatic heterocycles. The smallest absolute Gasteiger partial charge is 0.154 e. The fourth-order valence-corrected chi connectivity index (χ4v) is 2.09. The van der Waals surface area contributed by atoms with Crippen LogP contribution in [0.3, 0.4) is 0 Å². The number of fused-ring (bicyclic) bond motifs is 1. The third kappa shape index (κ3) is 2.40. The molecule has 0 saturated heterocycles. The Morgan fingerprint density at radius 2 is 2.18 bits per heavy atom. The van der Waals surface area contributed by atoms with Crippen LogP contribution in [-0.4, -0.2) is 20.6 Å². The minimum atomic E-state index is 0.486. The average molecular weight is 232 g/mol. The number of nitrogens with one attached hydrogen (secondary N) is 1. The molecule has 4 heteroatoms. The second-order valence-corrected chi connectivity index (χ2v) is 4.42. The molecular formula is C13H20N4. The molecule has 92 valence electrons. The zero-order chi connectivity index (χ0) is 12.3. The molecular weight excluding hydrogens is 212 g/mol. The molecule has 0 bridgehead atoms. The van der Waals surface area contributed by atoms with Crippen LogP contribution < -0.4 is 5.32 Å². The highest BCUT2D eigenvalue weighted by Gasteiger charge is 2.10. The fourth-order valence-electron chi connectivity index (χ4n) is 2.09. The Morgan fingerprint density at radius 1 is 1.35 bits per heavy atom. The lowest BCUT2D eigenvalue weighted by atomic mass is 10.1. The van der Waals surface area contributed by atoms with Gasteiger partial charge >= 0.3 is 0 Å². The van der Waals surface area contributed by atoms with Crippen LogP contribution in [0.15, 0.2) is 18.6 Å². The van der Waals surface area contributed by atoms with E-state index in [0.717, 1.165) is 23.3 Å². The molecule has 0 aromatic carbocycles. The third-order valence-corrected chi connectivity index (χ3v) is 3.11. The van der Waals surface area contributed by atoms with Gasteiger partial charge in [0.2, 0.25) is 0 Å². The summed E-state index contributed by atoms with van der Waals surface area (Å²) in [7, 11) is 2.00. The van der Waals surface area contributed by atoms with E-state index in [-0.39, 0.29) is 0 Å². The Morgan fingerprint density at radius 3 is 2.88 bits per heavy atom. The van der Waals surface area contributed by atoms with Crippen molar-refractivity contribution in [3.63, 3.8) is 0 Å². The van der Waals surface area contributed by atoms with Crippen LogP contribution in [0.5, 0.6) is 0 Å². The highest BCUT2D eigenvalue weighted by molar-refractivity contribution is 5.85. The maximum Gasteiger partial charge on any atom is 0.154 e. The van der Waals surface area contributed by atoms with Crippen LogP contribution >= 0.6 is 0 Å². The van der Waals surface area contributed by atoms with E-state index >= 15 is 0 Å². The van der Waals surface area contributed by atoms with Crippen molar-refractivity contribution in [1.29, 1.82) is 0 Å². The Labute approximate surface area is 102 Å². The lowest BCUT2D eigenvalue weighted by Crippen LogP contribution is -2.18. The number of hydrogen-bond acceptors (Lipinski definition) is 3. The Bertz CT molecular complexity index is 489. The lowest BCUT2D eigenvalue weighted by molar-refractivity contribution is 0.621. The van der Waals surface area contributed by atoms with Crippen molar-refractivity contribution < 1.29 is 0 Å². The summed E-state index contributed by atoms with van der Waals surface area (Å²) in [5, 5.41) is 3.50. The molecule has 2 rings (SSSR count). The van der Waals surface area contributed by atoms with Gasteiger partial charge in [-0.15, -0.1) is 0 Å². The molecule has 17 heavy (non-hydrogen) atoms. The second-order valence-electron chi connectivity index (χ2n) is 4.42. The van der Waals surface area contributed by atoms with E-state index in [1.54, 1.807) is 0 Å². The van der Waals surface area contributed by atoms with Crippen molar-refractivity contribution in [1.82, 2.24) is 14.5 Å². The van der Waals surface area contributed by atoms with Crippen LogP contribution in [0.2, 0.25) is 0 Å². The fraction of sp³-hybridized carbons (Fsp3) is 0.538. The molecule has 0 fully saturated rings. The van der Waals surface area contributed by atoms with Gasteiger partial charge in [0.15, 0.2) is 5.82 Å². The van der Waals surface area contributed by atoms with Gasteiger partial charge in [0, 0.05) is 19.3 Å². The summed E-state index contributed by atoms with van der Waals surface area (Å²) in [5.74, 6) is 0.906. The standard InChI is InChI=1S/C13H20N4/c1-4-6-10(5-2)16-13-12-11(7-8-14-13)17(3)9-15-12/h7-10H,4-6H2,1-3H3,(H,14,16). The number of hydrogen-bond donors (Lipinski definition) is 1. The Kier molecular flexibility index (Phi) is 3.61. The number of nitrogens with zero attached hydrogens (tertiary/aromatic N) is 3. The molecule has 0 radical (unpaired) electrons. The molecule has 1 N–H and O–H groups in total. The number of rotatable bonds is 5. The van der Waals surface area contributed by atoms with Crippen LogP contribution in [-0.2, 0) is 7.05 Å². The van der Waals surface area contributed by atoms with Crippen molar-refractivity contribution in [2.45, 2.75) is 39.2 Å². The summed E-state index contributed by atoms with van der Waals surface area (Å²) in [6, 6.07) is 2.48. The first-order valence-corrected chi connectivity index (χ1v) is 6.28. The van der Waals surface area contributed by atoms with E-state index in [2.05, 4.69) is 29.1 Å². The highest BCUT2D eigenvalue weighted by atomic mass is 15.1. The molecule has 2 aromatic heterocycles. The predicted molar refractivity (Wildman–Crippen MR) is 71.1 cm³/mol. The van der Waals surface area contributed by atoms with E-state index in [9.17, 15) is 0 Å². The normalized spacial score (nSPS) is 12.9. The highest BCUT2D eigenvalue weighted by Crippen LogP contribution is 2.20. The van der Waals surface area contributed by atoms with Crippen molar-refractivity contribution in [3.8, 4) is 0 Å².